The molecule has 0 fully saturated rings. The van der Waals surface area contributed by atoms with Gasteiger partial charge in [-0.05, 0) is 41.5 Å². The van der Waals surface area contributed by atoms with Crippen LogP contribution in [-0.2, 0) is 19.1 Å². The van der Waals surface area contributed by atoms with Crippen molar-refractivity contribution in [2.45, 2.75) is 53.5 Å². The van der Waals surface area contributed by atoms with Crippen molar-refractivity contribution in [1.29, 1.82) is 0 Å². The monoisotopic (exact) mass is 257 g/mol. The molecule has 0 aliphatic heterocycles. The highest BCUT2D eigenvalue weighted by Crippen LogP contribution is 2.20. The van der Waals surface area contributed by atoms with E-state index in [4.69, 9.17) is 4.74 Å². The highest BCUT2D eigenvalue weighted by Gasteiger charge is 2.38. The summed E-state index contributed by atoms with van der Waals surface area (Å²) in [6, 6.07) is 0. The molecule has 0 saturated carbocycles. The number of hydrogen-bond acceptors (Lipinski definition) is 4. The maximum Gasteiger partial charge on any atom is 0.313 e. The van der Waals surface area contributed by atoms with E-state index in [1.165, 1.54) is 13.8 Å². The molecule has 0 heterocycles. The number of Topliss-reactive ketones (excluding diaryl/α,β-unsaturated/α-hetero) is 1. The van der Waals surface area contributed by atoms with Gasteiger partial charge in [0.2, 0.25) is 5.91 Å². The second-order valence-electron chi connectivity index (χ2n) is 5.73. The predicted molar refractivity (Wildman–Crippen MR) is 67.9 cm³/mol. The molecule has 0 aliphatic rings. The van der Waals surface area contributed by atoms with Crippen molar-refractivity contribution in [1.82, 2.24) is 5.32 Å². The van der Waals surface area contributed by atoms with Gasteiger partial charge < -0.3 is 10.1 Å². The van der Waals surface area contributed by atoms with Crippen molar-refractivity contribution in [3.05, 3.63) is 0 Å². The summed E-state index contributed by atoms with van der Waals surface area (Å²) in [5, 5.41) is 2.73. The standard InChI is InChI=1S/C13H23NO4/c1-7-18-10(16)8-9(15)13(5,6)11(17)14-12(2,3)4/h7-8H2,1-6H3,(H,14,17). The van der Waals surface area contributed by atoms with Gasteiger partial charge in [-0.15, -0.1) is 0 Å². The molecule has 0 radical (unpaired) electrons. The number of carbonyl (C=O) groups excluding carboxylic acids is 3. The third kappa shape index (κ3) is 5.29. The summed E-state index contributed by atoms with van der Waals surface area (Å²) in [6.45, 7) is 10.4. The molecule has 18 heavy (non-hydrogen) atoms. The van der Waals surface area contributed by atoms with Crippen molar-refractivity contribution in [2.24, 2.45) is 5.41 Å². The summed E-state index contributed by atoms with van der Waals surface area (Å²) in [5.41, 5.74) is -1.65. The minimum atomic E-state index is -1.24. The molecular formula is C13H23NO4. The average Bonchev–Trinajstić information content (AvgIpc) is 2.14. The van der Waals surface area contributed by atoms with E-state index in [0.29, 0.717) is 0 Å². The van der Waals surface area contributed by atoms with Crippen LogP contribution in [0.1, 0.15) is 48.0 Å². The molecule has 0 rings (SSSR count). The Balaban J connectivity index is 4.66. The zero-order chi connectivity index (χ0) is 14.6. The SMILES string of the molecule is CCOC(=O)CC(=O)C(C)(C)C(=O)NC(C)(C)C. The lowest BCUT2D eigenvalue weighted by Gasteiger charge is -2.28. The van der Waals surface area contributed by atoms with E-state index in [-0.39, 0.29) is 18.9 Å². The number of carbonyl (C=O) groups is 3. The Morgan fingerprint density at radius 3 is 1.94 bits per heavy atom. The molecule has 0 aromatic carbocycles. The van der Waals surface area contributed by atoms with Gasteiger partial charge in [-0.25, -0.2) is 0 Å². The van der Waals surface area contributed by atoms with Crippen LogP contribution in [0.4, 0.5) is 0 Å². The fourth-order valence-electron chi connectivity index (χ4n) is 1.19. The van der Waals surface area contributed by atoms with Crippen LogP contribution in [0.15, 0.2) is 0 Å². The van der Waals surface area contributed by atoms with Crippen LogP contribution in [-0.4, -0.2) is 29.8 Å². The molecule has 0 bridgehead atoms. The van der Waals surface area contributed by atoms with Crippen LogP contribution >= 0.6 is 0 Å². The van der Waals surface area contributed by atoms with Crippen LogP contribution in [0, 0.1) is 5.41 Å². The van der Waals surface area contributed by atoms with Gasteiger partial charge in [-0.2, -0.15) is 0 Å². The Bertz CT molecular complexity index is 339. The summed E-state index contributed by atoms with van der Waals surface area (Å²) in [6.07, 6.45) is -0.377. The van der Waals surface area contributed by atoms with Gasteiger partial charge in [0.05, 0.1) is 6.61 Å². The molecule has 5 heteroatoms. The molecule has 0 aromatic rings. The van der Waals surface area contributed by atoms with Crippen LogP contribution in [0.5, 0.6) is 0 Å². The fraction of sp³-hybridized carbons (Fsp3) is 0.769. The average molecular weight is 257 g/mol. The zero-order valence-corrected chi connectivity index (χ0v) is 12.0. The molecule has 0 unspecified atom stereocenters. The molecule has 104 valence electrons. The Morgan fingerprint density at radius 2 is 1.56 bits per heavy atom. The summed E-state index contributed by atoms with van der Waals surface area (Å²) in [4.78, 5) is 35.1. The molecule has 1 amide bonds. The van der Waals surface area contributed by atoms with Crippen molar-refractivity contribution in [3.8, 4) is 0 Å². The highest BCUT2D eigenvalue weighted by atomic mass is 16.5. The largest absolute Gasteiger partial charge is 0.466 e. The molecule has 0 spiro atoms. The maximum atomic E-state index is 12.0. The second kappa shape index (κ2) is 5.98. The van der Waals surface area contributed by atoms with Gasteiger partial charge in [0.25, 0.3) is 0 Å². The van der Waals surface area contributed by atoms with Crippen molar-refractivity contribution >= 4 is 17.7 Å². The maximum absolute atomic E-state index is 12.0. The summed E-state index contributed by atoms with van der Waals surface area (Å²) in [7, 11) is 0. The Morgan fingerprint density at radius 1 is 1.06 bits per heavy atom. The number of esters is 1. The smallest absolute Gasteiger partial charge is 0.313 e. The first-order chi connectivity index (χ1) is 8.00. The van der Waals surface area contributed by atoms with E-state index >= 15 is 0 Å². The zero-order valence-electron chi connectivity index (χ0n) is 12.0. The van der Waals surface area contributed by atoms with Crippen LogP contribution < -0.4 is 5.32 Å². The van der Waals surface area contributed by atoms with E-state index in [1.54, 1.807) is 6.92 Å². The minimum absolute atomic E-state index is 0.223. The Hall–Kier alpha value is -1.39. The van der Waals surface area contributed by atoms with Crippen LogP contribution in [0.2, 0.25) is 0 Å². The molecule has 0 saturated heterocycles. The van der Waals surface area contributed by atoms with E-state index in [2.05, 4.69) is 5.32 Å². The lowest BCUT2D eigenvalue weighted by atomic mass is 9.84. The molecular weight excluding hydrogens is 234 g/mol. The number of amides is 1. The van der Waals surface area contributed by atoms with Gasteiger partial charge in [0.15, 0.2) is 5.78 Å². The quantitative estimate of drug-likeness (QED) is 0.597. The number of rotatable bonds is 5. The lowest BCUT2D eigenvalue weighted by Crippen LogP contribution is -2.50. The normalized spacial score (nSPS) is 11.9. The Kier molecular flexibility index (Phi) is 5.52. The predicted octanol–water partition coefficient (Wildman–Crippen LogP) is 1.45. The molecule has 0 atom stereocenters. The number of ether oxygens (including phenoxy) is 1. The van der Waals surface area contributed by atoms with Crippen LogP contribution in [0.3, 0.4) is 0 Å². The van der Waals surface area contributed by atoms with Gasteiger partial charge in [-0.1, -0.05) is 0 Å². The first kappa shape index (κ1) is 16.6. The molecule has 0 aromatic heterocycles. The first-order valence-corrected chi connectivity index (χ1v) is 6.02. The molecule has 5 nitrogen and oxygen atoms in total. The van der Waals surface area contributed by atoms with Gasteiger partial charge in [0, 0.05) is 5.54 Å². The van der Waals surface area contributed by atoms with E-state index in [1.807, 2.05) is 20.8 Å². The molecule has 1 N–H and O–H groups in total. The molecule has 0 aliphatic carbocycles. The van der Waals surface area contributed by atoms with E-state index in [0.717, 1.165) is 0 Å². The van der Waals surface area contributed by atoms with E-state index in [9.17, 15) is 14.4 Å². The van der Waals surface area contributed by atoms with Crippen molar-refractivity contribution < 1.29 is 19.1 Å². The van der Waals surface area contributed by atoms with E-state index < -0.39 is 22.7 Å². The van der Waals surface area contributed by atoms with Gasteiger partial charge in [0.1, 0.15) is 11.8 Å². The number of hydrogen-bond donors (Lipinski definition) is 1. The number of nitrogens with one attached hydrogen (secondary N) is 1. The lowest BCUT2D eigenvalue weighted by molar-refractivity contribution is -0.149. The van der Waals surface area contributed by atoms with Gasteiger partial charge >= 0.3 is 5.97 Å². The summed E-state index contributed by atoms with van der Waals surface area (Å²) in [5.74, 6) is -1.42. The fourth-order valence-corrected chi connectivity index (χ4v) is 1.19. The Labute approximate surface area is 108 Å². The number of ketones is 1. The van der Waals surface area contributed by atoms with Crippen molar-refractivity contribution in [3.63, 3.8) is 0 Å². The first-order valence-electron chi connectivity index (χ1n) is 6.02. The topological polar surface area (TPSA) is 72.5 Å². The van der Waals surface area contributed by atoms with Crippen LogP contribution in [0.25, 0.3) is 0 Å². The van der Waals surface area contributed by atoms with Crippen molar-refractivity contribution in [2.75, 3.05) is 6.61 Å². The summed E-state index contributed by atoms with van der Waals surface area (Å²) < 4.78 is 4.70. The second-order valence-corrected chi connectivity index (χ2v) is 5.73. The minimum Gasteiger partial charge on any atom is -0.466 e. The van der Waals surface area contributed by atoms with Gasteiger partial charge in [-0.3, -0.25) is 14.4 Å². The summed E-state index contributed by atoms with van der Waals surface area (Å²) >= 11 is 0. The third-order valence-electron chi connectivity index (χ3n) is 2.36. The highest BCUT2D eigenvalue weighted by molar-refractivity contribution is 6.10. The third-order valence-corrected chi connectivity index (χ3v) is 2.36.